The molecule has 0 aliphatic heterocycles. The Morgan fingerprint density at radius 1 is 1.05 bits per heavy atom. The monoisotopic (exact) mass is 266 g/mol. The molecule has 0 aromatic heterocycles. The molecule has 0 unspecified atom stereocenters. The molecule has 2 atom stereocenters. The van der Waals surface area contributed by atoms with Crippen LogP contribution in [0.1, 0.15) is 30.1 Å². The zero-order chi connectivity index (χ0) is 14.4. The summed E-state index contributed by atoms with van der Waals surface area (Å²) in [4.78, 5) is 0. The van der Waals surface area contributed by atoms with Gasteiger partial charge in [0.25, 0.3) is 0 Å². The van der Waals surface area contributed by atoms with Gasteiger partial charge in [-0.05, 0) is 18.6 Å². The fourth-order valence-corrected chi connectivity index (χ4v) is 2.19. The summed E-state index contributed by atoms with van der Waals surface area (Å²) in [6.45, 7) is 2.05. The summed E-state index contributed by atoms with van der Waals surface area (Å²) in [6.07, 6.45) is 0. The molecule has 2 rings (SSSR count). The van der Waals surface area contributed by atoms with Gasteiger partial charge in [-0.2, -0.15) is 5.26 Å². The minimum absolute atomic E-state index is 0.0887. The number of methoxy groups -OCH3 is 1. The van der Waals surface area contributed by atoms with Crippen LogP contribution in [0.5, 0.6) is 5.75 Å². The number of benzene rings is 2. The first-order valence-corrected chi connectivity index (χ1v) is 6.59. The van der Waals surface area contributed by atoms with Gasteiger partial charge in [0, 0.05) is 11.6 Å². The Bertz CT molecular complexity index is 589. The van der Waals surface area contributed by atoms with Gasteiger partial charge < -0.3 is 4.74 Å². The average molecular weight is 266 g/mol. The van der Waals surface area contributed by atoms with Crippen molar-refractivity contribution >= 4 is 0 Å². The van der Waals surface area contributed by atoms with Crippen molar-refractivity contribution in [1.29, 1.82) is 5.26 Å². The quantitative estimate of drug-likeness (QED) is 0.899. The number of para-hydroxylation sites is 1. The average Bonchev–Trinajstić information content (AvgIpc) is 2.53. The molecule has 3 nitrogen and oxygen atoms in total. The van der Waals surface area contributed by atoms with E-state index in [1.165, 1.54) is 0 Å². The molecule has 1 N–H and O–H groups in total. The van der Waals surface area contributed by atoms with Crippen LogP contribution in [0.15, 0.2) is 54.6 Å². The van der Waals surface area contributed by atoms with Crippen molar-refractivity contribution in [1.82, 2.24) is 5.32 Å². The van der Waals surface area contributed by atoms with Crippen molar-refractivity contribution in [2.24, 2.45) is 0 Å². The third-order valence-corrected chi connectivity index (χ3v) is 3.30. The predicted molar refractivity (Wildman–Crippen MR) is 79.3 cm³/mol. The molecule has 0 aliphatic carbocycles. The zero-order valence-corrected chi connectivity index (χ0v) is 11.7. The molecule has 0 amide bonds. The molecule has 20 heavy (non-hydrogen) atoms. The molecule has 3 heteroatoms. The van der Waals surface area contributed by atoms with E-state index < -0.39 is 6.04 Å². The van der Waals surface area contributed by atoms with E-state index in [1.807, 2.05) is 54.6 Å². The first kappa shape index (κ1) is 14.1. The Morgan fingerprint density at radius 2 is 1.70 bits per heavy atom. The number of nitrogens with zero attached hydrogens (tertiary/aromatic N) is 1. The highest BCUT2D eigenvalue weighted by Crippen LogP contribution is 2.26. The van der Waals surface area contributed by atoms with Gasteiger partial charge in [0.2, 0.25) is 0 Å². The molecule has 102 valence electrons. The molecule has 2 aromatic carbocycles. The molecular weight excluding hydrogens is 248 g/mol. The fraction of sp³-hybridized carbons (Fsp3) is 0.235. The summed E-state index contributed by atoms with van der Waals surface area (Å²) in [6, 6.07) is 19.7. The van der Waals surface area contributed by atoms with Crippen molar-refractivity contribution in [2.45, 2.75) is 19.0 Å². The van der Waals surface area contributed by atoms with E-state index in [4.69, 9.17) is 4.74 Å². The Labute approximate surface area is 119 Å². The third kappa shape index (κ3) is 3.17. The van der Waals surface area contributed by atoms with E-state index in [0.29, 0.717) is 0 Å². The Hall–Kier alpha value is -2.31. The van der Waals surface area contributed by atoms with E-state index in [9.17, 15) is 5.26 Å². The van der Waals surface area contributed by atoms with Gasteiger partial charge in [0.15, 0.2) is 0 Å². The molecule has 2 aromatic rings. The lowest BCUT2D eigenvalue weighted by Gasteiger charge is -2.20. The van der Waals surface area contributed by atoms with Gasteiger partial charge in [0.05, 0.1) is 13.2 Å². The van der Waals surface area contributed by atoms with Crippen molar-refractivity contribution in [3.05, 3.63) is 65.7 Å². The lowest BCUT2D eigenvalue weighted by atomic mass is 10.0. The van der Waals surface area contributed by atoms with Crippen molar-refractivity contribution in [3.63, 3.8) is 0 Å². The summed E-state index contributed by atoms with van der Waals surface area (Å²) >= 11 is 0. The normalized spacial score (nSPS) is 13.2. The number of hydrogen-bond donors (Lipinski definition) is 1. The SMILES string of the molecule is COc1ccccc1[C@@H](C#N)N[C@H](C)c1ccccc1. The topological polar surface area (TPSA) is 45.0 Å². The first-order valence-electron chi connectivity index (χ1n) is 6.59. The van der Waals surface area contributed by atoms with Crippen molar-refractivity contribution < 1.29 is 4.74 Å². The van der Waals surface area contributed by atoms with Crippen LogP contribution in [0, 0.1) is 11.3 Å². The Kier molecular flexibility index (Phi) is 4.75. The number of nitrogens with one attached hydrogen (secondary N) is 1. The zero-order valence-electron chi connectivity index (χ0n) is 11.7. The van der Waals surface area contributed by atoms with E-state index in [0.717, 1.165) is 16.9 Å². The van der Waals surface area contributed by atoms with Crippen LogP contribution >= 0.6 is 0 Å². The number of nitriles is 1. The summed E-state index contributed by atoms with van der Waals surface area (Å²) < 4.78 is 5.32. The summed E-state index contributed by atoms with van der Waals surface area (Å²) in [7, 11) is 1.62. The molecule has 0 aliphatic rings. The maximum atomic E-state index is 9.43. The van der Waals surface area contributed by atoms with E-state index in [1.54, 1.807) is 7.11 Å². The highest BCUT2D eigenvalue weighted by molar-refractivity contribution is 5.38. The smallest absolute Gasteiger partial charge is 0.125 e. The van der Waals surface area contributed by atoms with Crippen molar-refractivity contribution in [2.75, 3.05) is 7.11 Å². The fourth-order valence-electron chi connectivity index (χ4n) is 2.19. The largest absolute Gasteiger partial charge is 0.496 e. The lowest BCUT2D eigenvalue weighted by molar-refractivity contribution is 0.402. The maximum absolute atomic E-state index is 9.43. The first-order chi connectivity index (χ1) is 9.76. The minimum Gasteiger partial charge on any atom is -0.496 e. The number of ether oxygens (including phenoxy) is 1. The lowest BCUT2D eigenvalue weighted by Crippen LogP contribution is -2.24. The standard InChI is InChI=1S/C17H18N2O/c1-13(14-8-4-3-5-9-14)19-16(12-18)15-10-6-7-11-17(15)20-2/h3-11,13,16,19H,1-2H3/t13-,16-/m1/s1. The molecule has 0 fully saturated rings. The van der Waals surface area contributed by atoms with Crippen LogP contribution in [0.4, 0.5) is 0 Å². The second-order valence-electron chi connectivity index (χ2n) is 4.60. The van der Waals surface area contributed by atoms with Gasteiger partial charge in [-0.1, -0.05) is 48.5 Å². The Morgan fingerprint density at radius 3 is 2.35 bits per heavy atom. The summed E-state index contributed by atoms with van der Waals surface area (Å²) in [5.74, 6) is 0.729. The van der Waals surface area contributed by atoms with Crippen LogP contribution in [-0.4, -0.2) is 7.11 Å². The highest BCUT2D eigenvalue weighted by Gasteiger charge is 2.17. The molecule has 0 radical (unpaired) electrons. The molecule has 0 saturated heterocycles. The van der Waals surface area contributed by atoms with Crippen molar-refractivity contribution in [3.8, 4) is 11.8 Å². The summed E-state index contributed by atoms with van der Waals surface area (Å²) in [5, 5.41) is 12.8. The van der Waals surface area contributed by atoms with Gasteiger partial charge in [-0.25, -0.2) is 0 Å². The van der Waals surface area contributed by atoms with Gasteiger partial charge in [-0.3, -0.25) is 5.32 Å². The van der Waals surface area contributed by atoms with Gasteiger partial charge in [-0.15, -0.1) is 0 Å². The molecule has 0 bridgehead atoms. The van der Waals surface area contributed by atoms with Gasteiger partial charge >= 0.3 is 0 Å². The van der Waals surface area contributed by atoms with Crippen LogP contribution in [0.2, 0.25) is 0 Å². The molecular formula is C17H18N2O. The van der Waals surface area contributed by atoms with E-state index in [2.05, 4.69) is 18.3 Å². The second-order valence-corrected chi connectivity index (χ2v) is 4.60. The predicted octanol–water partition coefficient (Wildman–Crippen LogP) is 3.61. The number of rotatable bonds is 5. The maximum Gasteiger partial charge on any atom is 0.125 e. The summed E-state index contributed by atoms with van der Waals surface area (Å²) in [5.41, 5.74) is 2.02. The Balaban J connectivity index is 2.20. The van der Waals surface area contributed by atoms with E-state index >= 15 is 0 Å². The second kappa shape index (κ2) is 6.74. The molecule has 0 saturated carbocycles. The number of hydrogen-bond acceptors (Lipinski definition) is 3. The van der Waals surface area contributed by atoms with E-state index in [-0.39, 0.29) is 6.04 Å². The van der Waals surface area contributed by atoms with Gasteiger partial charge in [0.1, 0.15) is 11.8 Å². The minimum atomic E-state index is -0.402. The van der Waals surface area contributed by atoms with Crippen LogP contribution in [-0.2, 0) is 0 Å². The molecule has 0 spiro atoms. The van der Waals surface area contributed by atoms with Crippen LogP contribution < -0.4 is 10.1 Å². The highest BCUT2D eigenvalue weighted by atomic mass is 16.5. The molecule has 0 heterocycles. The third-order valence-electron chi connectivity index (χ3n) is 3.30. The van der Waals surface area contributed by atoms with Crippen LogP contribution in [0.25, 0.3) is 0 Å². The van der Waals surface area contributed by atoms with Crippen LogP contribution in [0.3, 0.4) is 0 Å².